The molecular weight excluding hydrogens is 352 g/mol. The van der Waals surface area contributed by atoms with E-state index in [4.69, 9.17) is 0 Å². The number of amides is 1. The van der Waals surface area contributed by atoms with Crippen LogP contribution in [0.2, 0.25) is 0 Å². The van der Waals surface area contributed by atoms with Crippen LogP contribution in [0, 0.1) is 5.92 Å². The lowest BCUT2D eigenvalue weighted by molar-refractivity contribution is 0.0951. The van der Waals surface area contributed by atoms with Crippen molar-refractivity contribution in [1.82, 2.24) is 19.4 Å². The number of carbonyl (C=O) groups is 1. The number of benzene rings is 1. The van der Waals surface area contributed by atoms with E-state index in [2.05, 4.69) is 5.32 Å². The highest BCUT2D eigenvalue weighted by molar-refractivity contribution is 5.97. The number of aromatic nitrogens is 2. The van der Waals surface area contributed by atoms with E-state index in [1.54, 1.807) is 0 Å². The van der Waals surface area contributed by atoms with Crippen molar-refractivity contribution in [3.63, 3.8) is 0 Å². The molecule has 2 aromatic rings. The molecule has 6 nitrogen and oxygen atoms in total. The van der Waals surface area contributed by atoms with E-state index in [1.807, 2.05) is 46.3 Å². The number of hydrogen-bond donors (Lipinski definition) is 1. The van der Waals surface area contributed by atoms with E-state index in [0.717, 1.165) is 37.0 Å². The summed E-state index contributed by atoms with van der Waals surface area (Å²) in [6, 6.07) is 6.07. The van der Waals surface area contributed by atoms with Crippen LogP contribution >= 0.6 is 0 Å². The van der Waals surface area contributed by atoms with Gasteiger partial charge in [-0.2, -0.15) is 0 Å². The Labute approximate surface area is 166 Å². The van der Waals surface area contributed by atoms with Crippen LogP contribution in [-0.2, 0) is 6.54 Å². The highest BCUT2D eigenvalue weighted by Crippen LogP contribution is 2.33. The van der Waals surface area contributed by atoms with E-state index in [1.165, 1.54) is 32.1 Å². The van der Waals surface area contributed by atoms with Crippen LogP contribution < -0.4 is 11.0 Å². The molecule has 0 spiro atoms. The quantitative estimate of drug-likeness (QED) is 0.798. The van der Waals surface area contributed by atoms with Gasteiger partial charge >= 0.3 is 5.69 Å². The molecule has 1 aromatic carbocycles. The minimum absolute atomic E-state index is 0.0698. The third-order valence-corrected chi connectivity index (χ3v) is 6.15. The van der Waals surface area contributed by atoms with Gasteiger partial charge in [0.2, 0.25) is 0 Å². The maximum atomic E-state index is 13.3. The van der Waals surface area contributed by atoms with Gasteiger partial charge in [-0.25, -0.2) is 4.79 Å². The zero-order valence-electron chi connectivity index (χ0n) is 17.1. The molecule has 0 bridgehead atoms. The second-order valence-corrected chi connectivity index (χ2v) is 8.76. The normalized spacial score (nSPS) is 18.1. The minimum atomic E-state index is -0.0698. The van der Waals surface area contributed by atoms with Gasteiger partial charge in [0, 0.05) is 31.2 Å². The number of fused-ring (bicyclic) bond motifs is 1. The average Bonchev–Trinajstić information content (AvgIpc) is 3.46. The Kier molecular flexibility index (Phi) is 5.58. The second kappa shape index (κ2) is 8.11. The Bertz CT molecular complexity index is 901. The van der Waals surface area contributed by atoms with Crippen LogP contribution in [0.1, 0.15) is 61.3 Å². The number of nitrogens with one attached hydrogen (secondary N) is 1. The lowest BCUT2D eigenvalue weighted by atomic mass is 9.95. The molecule has 0 atom stereocenters. The highest BCUT2D eigenvalue weighted by atomic mass is 16.2. The molecule has 1 amide bonds. The third-order valence-electron chi connectivity index (χ3n) is 6.15. The van der Waals surface area contributed by atoms with Crippen molar-refractivity contribution in [3.8, 4) is 0 Å². The monoisotopic (exact) mass is 384 g/mol. The zero-order valence-corrected chi connectivity index (χ0v) is 17.1. The minimum Gasteiger partial charge on any atom is -0.351 e. The molecule has 152 valence electrons. The maximum Gasteiger partial charge on any atom is 0.329 e. The molecule has 6 heteroatoms. The van der Waals surface area contributed by atoms with Gasteiger partial charge in [0.25, 0.3) is 5.91 Å². The lowest BCUT2D eigenvalue weighted by Gasteiger charge is -2.23. The van der Waals surface area contributed by atoms with Gasteiger partial charge in [-0.3, -0.25) is 13.9 Å². The molecule has 2 fully saturated rings. The fourth-order valence-electron chi connectivity index (χ4n) is 4.34. The summed E-state index contributed by atoms with van der Waals surface area (Å²) in [7, 11) is 3.98. The molecule has 4 rings (SSSR count). The Morgan fingerprint density at radius 2 is 1.86 bits per heavy atom. The van der Waals surface area contributed by atoms with E-state index < -0.39 is 0 Å². The molecule has 0 unspecified atom stereocenters. The van der Waals surface area contributed by atoms with Gasteiger partial charge in [0.1, 0.15) is 0 Å². The first kappa shape index (κ1) is 19.2. The Morgan fingerprint density at radius 1 is 1.11 bits per heavy atom. The summed E-state index contributed by atoms with van der Waals surface area (Å²) in [6.45, 7) is 2.20. The second-order valence-electron chi connectivity index (χ2n) is 8.76. The van der Waals surface area contributed by atoms with Crippen LogP contribution in [0.4, 0.5) is 0 Å². The number of imidazole rings is 1. The molecule has 2 aliphatic carbocycles. The van der Waals surface area contributed by atoms with Gasteiger partial charge in [0.15, 0.2) is 0 Å². The summed E-state index contributed by atoms with van der Waals surface area (Å²) in [4.78, 5) is 27.9. The van der Waals surface area contributed by atoms with Crippen molar-refractivity contribution < 1.29 is 4.79 Å². The molecule has 0 radical (unpaired) electrons. The fraction of sp³-hybridized carbons (Fsp3) is 0.636. The summed E-state index contributed by atoms with van der Waals surface area (Å²) in [5, 5.41) is 2.98. The lowest BCUT2D eigenvalue weighted by Crippen LogP contribution is -2.31. The topological polar surface area (TPSA) is 59.3 Å². The van der Waals surface area contributed by atoms with Gasteiger partial charge in [-0.05, 0) is 63.9 Å². The summed E-state index contributed by atoms with van der Waals surface area (Å²) >= 11 is 0. The molecule has 1 N–H and O–H groups in total. The number of nitrogens with zero attached hydrogens (tertiary/aromatic N) is 3. The first-order chi connectivity index (χ1) is 13.5. The SMILES string of the molecule is CN(C)CCNC(=O)c1ccc2c(c1)n(CC1CC1)c(=O)n2C1CCCCC1. The summed E-state index contributed by atoms with van der Waals surface area (Å²) in [5.41, 5.74) is 2.65. The van der Waals surface area contributed by atoms with Crippen LogP contribution in [0.15, 0.2) is 23.0 Å². The van der Waals surface area contributed by atoms with Gasteiger partial charge in [0.05, 0.1) is 11.0 Å². The molecule has 0 saturated heterocycles. The number of hydrogen-bond acceptors (Lipinski definition) is 3. The standard InChI is InChI=1S/C22H32N4O2/c1-24(2)13-12-23-21(27)17-10-11-19-20(14-17)25(15-16-8-9-16)22(28)26(19)18-6-4-3-5-7-18/h10-11,14,16,18H,3-9,12-13,15H2,1-2H3,(H,23,27). The zero-order chi connectivity index (χ0) is 19.7. The molecule has 2 aliphatic rings. The summed E-state index contributed by atoms with van der Waals surface area (Å²) < 4.78 is 3.95. The molecule has 1 heterocycles. The first-order valence-electron chi connectivity index (χ1n) is 10.7. The van der Waals surface area contributed by atoms with E-state index in [0.29, 0.717) is 24.1 Å². The Hall–Kier alpha value is -2.08. The molecule has 0 aliphatic heterocycles. The highest BCUT2D eigenvalue weighted by Gasteiger charge is 2.27. The maximum absolute atomic E-state index is 13.3. The first-order valence-corrected chi connectivity index (χ1v) is 10.7. The molecule has 1 aromatic heterocycles. The number of rotatable bonds is 7. The Balaban J connectivity index is 1.68. The third kappa shape index (κ3) is 4.02. The van der Waals surface area contributed by atoms with E-state index >= 15 is 0 Å². The van der Waals surface area contributed by atoms with Crippen molar-refractivity contribution in [2.45, 2.75) is 57.5 Å². The predicted molar refractivity (Wildman–Crippen MR) is 112 cm³/mol. The molecule has 2 saturated carbocycles. The van der Waals surface area contributed by atoms with Crippen molar-refractivity contribution in [3.05, 3.63) is 34.2 Å². The van der Waals surface area contributed by atoms with Crippen molar-refractivity contribution in [2.75, 3.05) is 27.2 Å². The smallest absolute Gasteiger partial charge is 0.329 e. The van der Waals surface area contributed by atoms with E-state index in [-0.39, 0.29) is 11.6 Å². The van der Waals surface area contributed by atoms with Gasteiger partial charge < -0.3 is 10.2 Å². The summed E-state index contributed by atoms with van der Waals surface area (Å²) in [6.07, 6.45) is 8.21. The van der Waals surface area contributed by atoms with Crippen LogP contribution in [-0.4, -0.2) is 47.1 Å². The van der Waals surface area contributed by atoms with Crippen molar-refractivity contribution in [2.24, 2.45) is 5.92 Å². The van der Waals surface area contributed by atoms with Crippen LogP contribution in [0.3, 0.4) is 0 Å². The molecule has 28 heavy (non-hydrogen) atoms. The Morgan fingerprint density at radius 3 is 2.54 bits per heavy atom. The van der Waals surface area contributed by atoms with Crippen LogP contribution in [0.5, 0.6) is 0 Å². The predicted octanol–water partition coefficient (Wildman–Crippen LogP) is 3.01. The molecular formula is C22H32N4O2. The van der Waals surface area contributed by atoms with Crippen molar-refractivity contribution >= 4 is 16.9 Å². The van der Waals surface area contributed by atoms with E-state index in [9.17, 15) is 9.59 Å². The van der Waals surface area contributed by atoms with Crippen molar-refractivity contribution in [1.29, 1.82) is 0 Å². The fourth-order valence-corrected chi connectivity index (χ4v) is 4.34. The number of carbonyl (C=O) groups excluding carboxylic acids is 1. The largest absolute Gasteiger partial charge is 0.351 e. The van der Waals surface area contributed by atoms with Crippen LogP contribution in [0.25, 0.3) is 11.0 Å². The average molecular weight is 385 g/mol. The van der Waals surface area contributed by atoms with Gasteiger partial charge in [-0.15, -0.1) is 0 Å². The number of likely N-dealkylation sites (N-methyl/N-ethyl adjacent to an activating group) is 1. The van der Waals surface area contributed by atoms with Gasteiger partial charge in [-0.1, -0.05) is 19.3 Å². The summed E-state index contributed by atoms with van der Waals surface area (Å²) in [5.74, 6) is 0.542.